The number of rotatable bonds is 10. The van der Waals surface area contributed by atoms with Gasteiger partial charge < -0.3 is 14.8 Å². The number of esters is 2. The molecule has 160 valence electrons. The third-order valence-electron chi connectivity index (χ3n) is 4.65. The average molecular weight is 411 g/mol. The van der Waals surface area contributed by atoms with E-state index in [1.165, 1.54) is 12.7 Å². The van der Waals surface area contributed by atoms with E-state index < -0.39 is 12.0 Å². The molecular formula is C24H29NO5. The van der Waals surface area contributed by atoms with Crippen molar-refractivity contribution in [2.75, 3.05) is 13.7 Å². The monoisotopic (exact) mass is 411 g/mol. The van der Waals surface area contributed by atoms with Gasteiger partial charge in [0, 0.05) is 12.5 Å². The molecule has 0 fully saturated rings. The van der Waals surface area contributed by atoms with Crippen molar-refractivity contribution < 1.29 is 23.9 Å². The summed E-state index contributed by atoms with van der Waals surface area (Å²) in [5.41, 5.74) is 4.43. The van der Waals surface area contributed by atoms with E-state index in [9.17, 15) is 14.4 Å². The molecule has 0 unspecified atom stereocenters. The lowest BCUT2D eigenvalue weighted by Crippen LogP contribution is -2.38. The van der Waals surface area contributed by atoms with E-state index in [2.05, 4.69) is 35.2 Å². The highest BCUT2D eigenvalue weighted by Gasteiger charge is 2.18. The van der Waals surface area contributed by atoms with E-state index in [4.69, 9.17) is 4.74 Å². The Bertz CT molecular complexity index is 860. The van der Waals surface area contributed by atoms with Gasteiger partial charge in [-0.2, -0.15) is 0 Å². The van der Waals surface area contributed by atoms with Gasteiger partial charge in [-0.1, -0.05) is 54.1 Å². The fourth-order valence-electron chi connectivity index (χ4n) is 3.16. The minimum atomic E-state index is -0.446. The normalized spacial score (nSPS) is 11.4. The first kappa shape index (κ1) is 23.1. The van der Waals surface area contributed by atoms with Crippen molar-refractivity contribution >= 4 is 17.8 Å². The second-order valence-electron chi connectivity index (χ2n) is 7.12. The summed E-state index contributed by atoms with van der Waals surface area (Å²) < 4.78 is 9.59. The zero-order chi connectivity index (χ0) is 21.9. The highest BCUT2D eigenvalue weighted by Crippen LogP contribution is 2.21. The van der Waals surface area contributed by atoms with Crippen LogP contribution in [-0.2, 0) is 30.3 Å². The van der Waals surface area contributed by atoms with Crippen LogP contribution in [-0.4, -0.2) is 37.6 Å². The third-order valence-corrected chi connectivity index (χ3v) is 4.65. The molecule has 1 atom stereocenters. The molecule has 0 heterocycles. The standard InChI is InChI=1S/C24H29NO5/c1-4-30-24(28)16-21(25-22(26)12-13-23(27)29-3)15-18-8-10-19(11-9-18)20-7-5-6-17(2)14-20/h5-11,14,21H,4,12-13,15-16H2,1-3H3,(H,25,26)/t21-/m1/s1. The molecule has 6 heteroatoms. The lowest BCUT2D eigenvalue weighted by molar-refractivity contribution is -0.144. The second kappa shape index (κ2) is 11.8. The Balaban J connectivity index is 2.05. The molecule has 0 aliphatic rings. The Hall–Kier alpha value is -3.15. The lowest BCUT2D eigenvalue weighted by Gasteiger charge is -2.18. The number of benzene rings is 2. The van der Waals surface area contributed by atoms with Gasteiger partial charge in [-0.25, -0.2) is 0 Å². The molecule has 6 nitrogen and oxygen atoms in total. The van der Waals surface area contributed by atoms with Gasteiger partial charge >= 0.3 is 11.9 Å². The van der Waals surface area contributed by atoms with Crippen LogP contribution >= 0.6 is 0 Å². The van der Waals surface area contributed by atoms with E-state index in [0.29, 0.717) is 6.42 Å². The first-order valence-electron chi connectivity index (χ1n) is 10.1. The van der Waals surface area contributed by atoms with Crippen LogP contribution in [0.2, 0.25) is 0 Å². The Morgan fingerprint density at radius 3 is 2.33 bits per heavy atom. The summed E-state index contributed by atoms with van der Waals surface area (Å²) in [6, 6.07) is 15.9. The molecule has 2 aromatic rings. The van der Waals surface area contributed by atoms with Gasteiger partial charge in [0.1, 0.15) is 0 Å². The highest BCUT2D eigenvalue weighted by atomic mass is 16.5. The maximum absolute atomic E-state index is 12.2. The van der Waals surface area contributed by atoms with Crippen LogP contribution in [0.15, 0.2) is 48.5 Å². The summed E-state index contributed by atoms with van der Waals surface area (Å²) in [7, 11) is 1.28. The van der Waals surface area contributed by atoms with Gasteiger partial charge in [0.2, 0.25) is 5.91 Å². The minimum Gasteiger partial charge on any atom is -0.469 e. The van der Waals surface area contributed by atoms with E-state index in [-0.39, 0.29) is 37.7 Å². The molecule has 1 N–H and O–H groups in total. The third kappa shape index (κ3) is 7.70. The predicted octanol–water partition coefficient (Wildman–Crippen LogP) is 3.60. The fourth-order valence-corrected chi connectivity index (χ4v) is 3.16. The number of amides is 1. The molecular weight excluding hydrogens is 382 g/mol. The number of ether oxygens (including phenoxy) is 2. The quantitative estimate of drug-likeness (QED) is 0.604. The van der Waals surface area contributed by atoms with Gasteiger partial charge in [-0.05, 0) is 37.0 Å². The molecule has 0 aliphatic heterocycles. The van der Waals surface area contributed by atoms with Crippen LogP contribution in [0.4, 0.5) is 0 Å². The Morgan fingerprint density at radius 1 is 0.967 bits per heavy atom. The van der Waals surface area contributed by atoms with Gasteiger partial charge in [-0.15, -0.1) is 0 Å². The maximum Gasteiger partial charge on any atom is 0.307 e. The summed E-state index contributed by atoms with van der Waals surface area (Å²) in [6.07, 6.45) is 0.562. The van der Waals surface area contributed by atoms with Crippen LogP contribution in [0, 0.1) is 6.92 Å². The van der Waals surface area contributed by atoms with Crippen LogP contribution in [0.25, 0.3) is 11.1 Å². The smallest absolute Gasteiger partial charge is 0.307 e. The predicted molar refractivity (Wildman–Crippen MR) is 115 cm³/mol. The van der Waals surface area contributed by atoms with E-state index >= 15 is 0 Å². The summed E-state index contributed by atoms with van der Waals surface area (Å²) in [6.45, 7) is 4.08. The number of hydrogen-bond acceptors (Lipinski definition) is 5. The zero-order valence-electron chi connectivity index (χ0n) is 17.8. The van der Waals surface area contributed by atoms with Gasteiger partial charge in [0.25, 0.3) is 0 Å². The minimum absolute atomic E-state index is 0.000348. The SMILES string of the molecule is CCOC(=O)C[C@@H](Cc1ccc(-c2cccc(C)c2)cc1)NC(=O)CCC(=O)OC. The van der Waals surface area contributed by atoms with Crippen molar-refractivity contribution in [1.82, 2.24) is 5.32 Å². The molecule has 0 radical (unpaired) electrons. The Labute approximate surface area is 177 Å². The first-order valence-corrected chi connectivity index (χ1v) is 10.1. The average Bonchev–Trinajstić information content (AvgIpc) is 2.72. The number of carbonyl (C=O) groups is 3. The van der Waals surface area contributed by atoms with Gasteiger partial charge in [-0.3, -0.25) is 14.4 Å². The van der Waals surface area contributed by atoms with Crippen LogP contribution in [0.1, 0.15) is 37.3 Å². The van der Waals surface area contributed by atoms with Crippen molar-refractivity contribution in [3.05, 3.63) is 59.7 Å². The summed E-state index contributed by atoms with van der Waals surface area (Å²) >= 11 is 0. The van der Waals surface area contributed by atoms with Crippen molar-refractivity contribution in [2.45, 2.75) is 45.6 Å². The topological polar surface area (TPSA) is 81.7 Å². The molecule has 1 amide bonds. The number of nitrogens with one attached hydrogen (secondary N) is 1. The lowest BCUT2D eigenvalue weighted by atomic mass is 9.98. The molecule has 0 bridgehead atoms. The van der Waals surface area contributed by atoms with Crippen molar-refractivity contribution in [2.24, 2.45) is 0 Å². The second-order valence-corrected chi connectivity index (χ2v) is 7.12. The number of aryl methyl sites for hydroxylation is 1. The van der Waals surface area contributed by atoms with E-state index in [0.717, 1.165) is 16.7 Å². The molecule has 0 aromatic heterocycles. The molecule has 0 saturated heterocycles. The van der Waals surface area contributed by atoms with Crippen molar-refractivity contribution in [3.8, 4) is 11.1 Å². The van der Waals surface area contributed by atoms with Crippen LogP contribution in [0.3, 0.4) is 0 Å². The van der Waals surface area contributed by atoms with E-state index in [1.54, 1.807) is 6.92 Å². The van der Waals surface area contributed by atoms with Crippen LogP contribution in [0.5, 0.6) is 0 Å². The van der Waals surface area contributed by atoms with Crippen LogP contribution < -0.4 is 5.32 Å². The molecule has 2 rings (SSSR count). The fraction of sp³-hybridized carbons (Fsp3) is 0.375. The molecule has 0 spiro atoms. The zero-order valence-corrected chi connectivity index (χ0v) is 17.8. The number of hydrogen-bond donors (Lipinski definition) is 1. The number of carbonyl (C=O) groups excluding carboxylic acids is 3. The highest BCUT2D eigenvalue weighted by molar-refractivity contribution is 5.82. The Kier molecular flexibility index (Phi) is 9.06. The van der Waals surface area contributed by atoms with Gasteiger partial charge in [0.05, 0.1) is 26.6 Å². The summed E-state index contributed by atoms with van der Waals surface area (Å²) in [5, 5.41) is 2.84. The van der Waals surface area contributed by atoms with E-state index in [1.807, 2.05) is 30.3 Å². The van der Waals surface area contributed by atoms with Crippen molar-refractivity contribution in [1.29, 1.82) is 0 Å². The molecule has 0 saturated carbocycles. The maximum atomic E-state index is 12.2. The summed E-state index contributed by atoms with van der Waals surface area (Å²) in [5.74, 6) is -1.11. The number of methoxy groups -OCH3 is 1. The first-order chi connectivity index (χ1) is 14.4. The Morgan fingerprint density at radius 2 is 1.70 bits per heavy atom. The van der Waals surface area contributed by atoms with Gasteiger partial charge in [0.15, 0.2) is 0 Å². The van der Waals surface area contributed by atoms with Crippen molar-refractivity contribution in [3.63, 3.8) is 0 Å². The molecule has 0 aliphatic carbocycles. The molecule has 30 heavy (non-hydrogen) atoms. The largest absolute Gasteiger partial charge is 0.469 e. The summed E-state index contributed by atoms with van der Waals surface area (Å²) in [4.78, 5) is 35.4. The molecule has 2 aromatic carbocycles.